The van der Waals surface area contributed by atoms with Gasteiger partial charge in [0.2, 0.25) is 0 Å². The van der Waals surface area contributed by atoms with E-state index in [0.717, 1.165) is 17.9 Å². The van der Waals surface area contributed by atoms with E-state index in [0.29, 0.717) is 5.92 Å². The molecule has 2 rings (SSSR count). The van der Waals surface area contributed by atoms with Crippen molar-refractivity contribution >= 4 is 0 Å². The summed E-state index contributed by atoms with van der Waals surface area (Å²) in [6.45, 7) is 5.41. The van der Waals surface area contributed by atoms with E-state index < -0.39 is 0 Å². The zero-order valence-electron chi connectivity index (χ0n) is 9.09. The lowest BCUT2D eigenvalue weighted by Crippen LogP contribution is -2.05. The maximum atomic E-state index is 4.37. The minimum absolute atomic E-state index is 0.625. The standard InChI is InChI=1S/C12H15N3/c1-10(2)9-15-8-7-14-12(15)11-3-5-13-6-4-11/h3-8,10H,9H2,1-2H3. The van der Waals surface area contributed by atoms with E-state index in [4.69, 9.17) is 0 Å². The van der Waals surface area contributed by atoms with Crippen LogP contribution in [0.25, 0.3) is 11.4 Å². The Morgan fingerprint density at radius 3 is 2.60 bits per heavy atom. The third-order valence-electron chi connectivity index (χ3n) is 2.22. The fraction of sp³-hybridized carbons (Fsp3) is 0.333. The van der Waals surface area contributed by atoms with Crippen molar-refractivity contribution in [2.45, 2.75) is 20.4 Å². The molecule has 0 aromatic carbocycles. The smallest absolute Gasteiger partial charge is 0.139 e. The van der Waals surface area contributed by atoms with Gasteiger partial charge in [0.1, 0.15) is 5.82 Å². The van der Waals surface area contributed by atoms with Crippen LogP contribution in [0.3, 0.4) is 0 Å². The molecule has 0 atom stereocenters. The van der Waals surface area contributed by atoms with Gasteiger partial charge in [0, 0.05) is 36.9 Å². The van der Waals surface area contributed by atoms with Gasteiger partial charge in [-0.15, -0.1) is 0 Å². The molecule has 0 fully saturated rings. The van der Waals surface area contributed by atoms with Crippen molar-refractivity contribution in [2.24, 2.45) is 5.92 Å². The first-order valence-electron chi connectivity index (χ1n) is 5.19. The maximum absolute atomic E-state index is 4.37. The molecular formula is C12H15N3. The molecule has 0 unspecified atom stereocenters. The van der Waals surface area contributed by atoms with Crippen LogP contribution >= 0.6 is 0 Å². The molecule has 2 aromatic heterocycles. The van der Waals surface area contributed by atoms with Crippen LogP contribution in [0.4, 0.5) is 0 Å². The first kappa shape index (κ1) is 9.90. The summed E-state index contributed by atoms with van der Waals surface area (Å²) in [6.07, 6.45) is 7.46. The van der Waals surface area contributed by atoms with Crippen LogP contribution in [0.2, 0.25) is 0 Å². The Labute approximate surface area is 89.8 Å². The summed E-state index contributed by atoms with van der Waals surface area (Å²) in [5.41, 5.74) is 1.12. The second-order valence-corrected chi connectivity index (χ2v) is 4.03. The molecule has 0 aliphatic heterocycles. The Hall–Kier alpha value is -1.64. The largest absolute Gasteiger partial charge is 0.331 e. The fourth-order valence-electron chi connectivity index (χ4n) is 1.61. The van der Waals surface area contributed by atoms with E-state index in [1.165, 1.54) is 0 Å². The first-order chi connectivity index (χ1) is 7.27. The van der Waals surface area contributed by atoms with E-state index in [9.17, 15) is 0 Å². The third-order valence-corrected chi connectivity index (χ3v) is 2.22. The highest BCUT2D eigenvalue weighted by Crippen LogP contribution is 2.17. The van der Waals surface area contributed by atoms with E-state index in [2.05, 4.69) is 28.4 Å². The van der Waals surface area contributed by atoms with E-state index in [-0.39, 0.29) is 0 Å². The molecule has 0 aliphatic carbocycles. The van der Waals surface area contributed by atoms with Crippen LogP contribution < -0.4 is 0 Å². The summed E-state index contributed by atoms with van der Waals surface area (Å²) in [6, 6.07) is 3.97. The van der Waals surface area contributed by atoms with Crippen LogP contribution in [0.5, 0.6) is 0 Å². The number of imidazole rings is 1. The topological polar surface area (TPSA) is 30.7 Å². The van der Waals surface area contributed by atoms with E-state index >= 15 is 0 Å². The molecule has 0 radical (unpaired) electrons. The van der Waals surface area contributed by atoms with Crippen molar-refractivity contribution in [3.8, 4) is 11.4 Å². The van der Waals surface area contributed by atoms with Gasteiger partial charge in [-0.2, -0.15) is 0 Å². The number of pyridine rings is 1. The van der Waals surface area contributed by atoms with Crippen molar-refractivity contribution in [1.29, 1.82) is 0 Å². The number of nitrogens with zero attached hydrogens (tertiary/aromatic N) is 3. The summed E-state index contributed by atoms with van der Waals surface area (Å²) >= 11 is 0. The second-order valence-electron chi connectivity index (χ2n) is 4.03. The van der Waals surface area contributed by atoms with Gasteiger partial charge in [0.05, 0.1) is 0 Å². The molecule has 0 saturated heterocycles. The molecule has 2 heterocycles. The van der Waals surface area contributed by atoms with Crippen molar-refractivity contribution < 1.29 is 0 Å². The quantitative estimate of drug-likeness (QED) is 0.764. The summed E-state index contributed by atoms with van der Waals surface area (Å²) in [5, 5.41) is 0. The van der Waals surface area contributed by atoms with Crippen molar-refractivity contribution in [2.75, 3.05) is 0 Å². The van der Waals surface area contributed by atoms with Crippen molar-refractivity contribution in [3.05, 3.63) is 36.9 Å². The lowest BCUT2D eigenvalue weighted by atomic mass is 10.2. The Bertz CT molecular complexity index is 417. The number of rotatable bonds is 3. The van der Waals surface area contributed by atoms with Gasteiger partial charge < -0.3 is 4.57 Å². The van der Waals surface area contributed by atoms with Crippen LogP contribution in [0.1, 0.15) is 13.8 Å². The molecule has 0 aliphatic rings. The first-order valence-corrected chi connectivity index (χ1v) is 5.19. The van der Waals surface area contributed by atoms with Gasteiger partial charge in [-0.05, 0) is 18.1 Å². The van der Waals surface area contributed by atoms with Gasteiger partial charge >= 0.3 is 0 Å². The third kappa shape index (κ3) is 2.24. The minimum Gasteiger partial charge on any atom is -0.331 e. The van der Waals surface area contributed by atoms with Gasteiger partial charge in [0.25, 0.3) is 0 Å². The Kier molecular flexibility index (Phi) is 2.81. The molecule has 3 nitrogen and oxygen atoms in total. The zero-order valence-corrected chi connectivity index (χ0v) is 9.09. The number of aromatic nitrogens is 3. The normalized spacial score (nSPS) is 10.9. The van der Waals surface area contributed by atoms with Gasteiger partial charge in [-0.25, -0.2) is 4.98 Å². The van der Waals surface area contributed by atoms with Gasteiger partial charge in [-0.3, -0.25) is 4.98 Å². The maximum Gasteiger partial charge on any atom is 0.139 e. The SMILES string of the molecule is CC(C)Cn1ccnc1-c1ccncc1. The molecule has 0 N–H and O–H groups in total. The van der Waals surface area contributed by atoms with Crippen LogP contribution in [0, 0.1) is 5.92 Å². The summed E-state index contributed by atoms with van der Waals surface area (Å²) in [5.74, 6) is 1.64. The Morgan fingerprint density at radius 2 is 1.93 bits per heavy atom. The predicted molar refractivity (Wildman–Crippen MR) is 60.3 cm³/mol. The summed E-state index contributed by atoms with van der Waals surface area (Å²) < 4.78 is 2.18. The van der Waals surface area contributed by atoms with Crippen LogP contribution in [-0.4, -0.2) is 14.5 Å². The van der Waals surface area contributed by atoms with Gasteiger partial charge in [0.15, 0.2) is 0 Å². The van der Waals surface area contributed by atoms with Crippen LogP contribution in [0.15, 0.2) is 36.9 Å². The fourth-order valence-corrected chi connectivity index (χ4v) is 1.61. The molecule has 0 saturated carbocycles. The van der Waals surface area contributed by atoms with Crippen molar-refractivity contribution in [3.63, 3.8) is 0 Å². The Morgan fingerprint density at radius 1 is 1.20 bits per heavy atom. The minimum atomic E-state index is 0.625. The zero-order chi connectivity index (χ0) is 10.7. The summed E-state index contributed by atoms with van der Waals surface area (Å²) in [4.78, 5) is 8.38. The van der Waals surface area contributed by atoms with Crippen molar-refractivity contribution in [1.82, 2.24) is 14.5 Å². The summed E-state index contributed by atoms with van der Waals surface area (Å²) in [7, 11) is 0. The monoisotopic (exact) mass is 201 g/mol. The molecular weight excluding hydrogens is 186 g/mol. The second kappa shape index (κ2) is 4.26. The lowest BCUT2D eigenvalue weighted by Gasteiger charge is -2.09. The van der Waals surface area contributed by atoms with Gasteiger partial charge in [-0.1, -0.05) is 13.8 Å². The number of hydrogen-bond donors (Lipinski definition) is 0. The molecule has 78 valence electrons. The number of hydrogen-bond acceptors (Lipinski definition) is 2. The predicted octanol–water partition coefficient (Wildman–Crippen LogP) is 2.60. The molecule has 2 aromatic rings. The molecule has 0 bridgehead atoms. The lowest BCUT2D eigenvalue weighted by molar-refractivity contribution is 0.526. The van der Waals surface area contributed by atoms with E-state index in [1.807, 2.05) is 24.5 Å². The average Bonchev–Trinajstić information content (AvgIpc) is 2.66. The molecule has 0 amide bonds. The van der Waals surface area contributed by atoms with Crippen LogP contribution in [-0.2, 0) is 6.54 Å². The molecule has 15 heavy (non-hydrogen) atoms. The molecule has 0 spiro atoms. The highest BCUT2D eigenvalue weighted by molar-refractivity contribution is 5.54. The van der Waals surface area contributed by atoms with E-state index in [1.54, 1.807) is 12.4 Å². The highest BCUT2D eigenvalue weighted by atomic mass is 15.1. The molecule has 3 heteroatoms. The highest BCUT2D eigenvalue weighted by Gasteiger charge is 2.06. The average molecular weight is 201 g/mol. The Balaban J connectivity index is 2.33.